The third-order valence-corrected chi connectivity index (χ3v) is 3.07. The highest BCUT2D eigenvalue weighted by atomic mass is 16.5. The van der Waals surface area contributed by atoms with Gasteiger partial charge in [-0.15, -0.1) is 0 Å². The van der Waals surface area contributed by atoms with Crippen LogP contribution in [0.3, 0.4) is 0 Å². The van der Waals surface area contributed by atoms with Crippen molar-refractivity contribution in [3.05, 3.63) is 11.6 Å². The van der Waals surface area contributed by atoms with E-state index in [4.69, 9.17) is 4.74 Å². The van der Waals surface area contributed by atoms with Crippen LogP contribution in [0.15, 0.2) is 11.6 Å². The fourth-order valence-electron chi connectivity index (χ4n) is 2.21. The smallest absolute Gasteiger partial charge is 0.164 e. The Morgan fingerprint density at radius 2 is 2.46 bits per heavy atom. The van der Waals surface area contributed by atoms with Gasteiger partial charge < -0.3 is 4.74 Å². The number of Topliss-reactive ketones (excluding diaryl/α,β-unsaturated/α-hetero) is 1. The Labute approximate surface area is 79.0 Å². The number of allylic oxidation sites excluding steroid dienone is 2. The molecule has 0 aromatic rings. The Bertz CT molecular complexity index is 242. The Morgan fingerprint density at radius 3 is 3.00 bits per heavy atom. The molecule has 2 aliphatic rings. The lowest BCUT2D eigenvalue weighted by atomic mass is 9.92. The minimum absolute atomic E-state index is 0.133. The largest absolute Gasteiger partial charge is 0.378 e. The number of ketones is 1. The summed E-state index contributed by atoms with van der Waals surface area (Å²) in [5.74, 6) is 0.492. The first-order chi connectivity index (χ1) is 6.29. The number of rotatable bonds is 2. The molecule has 0 saturated carbocycles. The molecule has 1 aliphatic heterocycles. The summed E-state index contributed by atoms with van der Waals surface area (Å²) in [6, 6.07) is 0. The highest BCUT2D eigenvalue weighted by Crippen LogP contribution is 2.28. The topological polar surface area (TPSA) is 26.3 Å². The molecule has 0 aromatic heterocycles. The van der Waals surface area contributed by atoms with E-state index in [-0.39, 0.29) is 12.0 Å². The van der Waals surface area contributed by atoms with Crippen molar-refractivity contribution in [2.45, 2.75) is 38.7 Å². The molecule has 2 nitrogen and oxygen atoms in total. The fourth-order valence-corrected chi connectivity index (χ4v) is 2.21. The van der Waals surface area contributed by atoms with Gasteiger partial charge in [-0.3, -0.25) is 4.79 Å². The maximum Gasteiger partial charge on any atom is 0.164 e. The normalized spacial score (nSPS) is 33.5. The third-order valence-electron chi connectivity index (χ3n) is 3.07. The maximum atomic E-state index is 11.9. The molecule has 1 heterocycles. The zero-order valence-electron chi connectivity index (χ0n) is 8.08. The van der Waals surface area contributed by atoms with Crippen LogP contribution in [0.5, 0.6) is 0 Å². The van der Waals surface area contributed by atoms with E-state index in [1.807, 2.05) is 6.92 Å². The van der Waals surface area contributed by atoms with Crippen LogP contribution in [-0.4, -0.2) is 18.5 Å². The van der Waals surface area contributed by atoms with Gasteiger partial charge >= 0.3 is 0 Å². The number of ether oxygens (including phenoxy) is 1. The van der Waals surface area contributed by atoms with Gasteiger partial charge in [-0.1, -0.05) is 6.08 Å². The summed E-state index contributed by atoms with van der Waals surface area (Å²) in [6.07, 6.45) is 6.38. The summed E-state index contributed by atoms with van der Waals surface area (Å²) in [5, 5.41) is 0. The Kier molecular flexibility index (Phi) is 2.49. The zero-order valence-corrected chi connectivity index (χ0v) is 8.08. The molecule has 0 bridgehead atoms. The van der Waals surface area contributed by atoms with Gasteiger partial charge in [0.05, 0.1) is 12.0 Å². The molecule has 2 rings (SSSR count). The molecule has 0 aromatic carbocycles. The van der Waals surface area contributed by atoms with Gasteiger partial charge in [0.25, 0.3) is 0 Å². The maximum absolute atomic E-state index is 11.9. The van der Waals surface area contributed by atoms with Gasteiger partial charge in [0, 0.05) is 6.61 Å². The van der Waals surface area contributed by atoms with Crippen LogP contribution >= 0.6 is 0 Å². The molecule has 1 fully saturated rings. The van der Waals surface area contributed by atoms with Crippen molar-refractivity contribution in [2.24, 2.45) is 5.92 Å². The van der Waals surface area contributed by atoms with Crippen LogP contribution in [-0.2, 0) is 9.53 Å². The molecule has 0 amide bonds. The molecule has 1 aliphatic carbocycles. The van der Waals surface area contributed by atoms with Gasteiger partial charge in [0.2, 0.25) is 0 Å². The summed E-state index contributed by atoms with van der Waals surface area (Å²) in [4.78, 5) is 11.9. The van der Waals surface area contributed by atoms with E-state index in [1.165, 1.54) is 0 Å². The molecular formula is C11H16O2. The Hall–Kier alpha value is -0.630. The molecule has 2 atom stereocenters. The van der Waals surface area contributed by atoms with Crippen molar-refractivity contribution in [3.63, 3.8) is 0 Å². The third kappa shape index (κ3) is 1.68. The first-order valence-electron chi connectivity index (χ1n) is 5.14. The van der Waals surface area contributed by atoms with Crippen molar-refractivity contribution in [2.75, 3.05) is 6.61 Å². The van der Waals surface area contributed by atoms with Crippen molar-refractivity contribution in [1.29, 1.82) is 0 Å². The number of hydrogen-bond donors (Lipinski definition) is 0. The van der Waals surface area contributed by atoms with E-state index in [9.17, 15) is 4.79 Å². The first-order valence-corrected chi connectivity index (χ1v) is 5.14. The second kappa shape index (κ2) is 3.62. The summed E-state index contributed by atoms with van der Waals surface area (Å²) >= 11 is 0. The molecule has 2 unspecified atom stereocenters. The molecule has 1 saturated heterocycles. The van der Waals surface area contributed by atoms with Gasteiger partial charge in [0.15, 0.2) is 5.78 Å². The second-order valence-electron chi connectivity index (χ2n) is 3.96. The Morgan fingerprint density at radius 1 is 1.62 bits per heavy atom. The minimum Gasteiger partial charge on any atom is -0.378 e. The second-order valence-corrected chi connectivity index (χ2v) is 3.96. The molecular weight excluding hydrogens is 164 g/mol. The highest BCUT2D eigenvalue weighted by Gasteiger charge is 2.32. The quantitative estimate of drug-likeness (QED) is 0.650. The van der Waals surface area contributed by atoms with Crippen LogP contribution in [0.1, 0.15) is 32.6 Å². The summed E-state index contributed by atoms with van der Waals surface area (Å²) < 4.78 is 5.40. The lowest BCUT2D eigenvalue weighted by molar-refractivity contribution is -0.120. The van der Waals surface area contributed by atoms with Crippen LogP contribution in [0, 0.1) is 5.92 Å². The molecule has 72 valence electrons. The van der Waals surface area contributed by atoms with Crippen molar-refractivity contribution < 1.29 is 9.53 Å². The predicted octanol–water partition coefficient (Wildman–Crippen LogP) is 2.09. The number of carbonyl (C=O) groups excluding carboxylic acids is 1. The molecule has 0 spiro atoms. The van der Waals surface area contributed by atoms with Crippen LogP contribution in [0.25, 0.3) is 0 Å². The van der Waals surface area contributed by atoms with Crippen LogP contribution in [0.2, 0.25) is 0 Å². The predicted molar refractivity (Wildman–Crippen MR) is 50.5 cm³/mol. The van der Waals surface area contributed by atoms with Gasteiger partial charge in [0.1, 0.15) is 0 Å². The van der Waals surface area contributed by atoms with Gasteiger partial charge in [-0.05, 0) is 38.2 Å². The summed E-state index contributed by atoms with van der Waals surface area (Å²) in [7, 11) is 0. The Balaban J connectivity index is 2.03. The number of hydrogen-bond acceptors (Lipinski definition) is 2. The van der Waals surface area contributed by atoms with Gasteiger partial charge in [-0.25, -0.2) is 0 Å². The minimum atomic E-state index is 0.133. The average molecular weight is 180 g/mol. The van der Waals surface area contributed by atoms with E-state index in [2.05, 4.69) is 6.08 Å². The first kappa shape index (κ1) is 8.95. The lowest BCUT2D eigenvalue weighted by Gasteiger charge is -2.12. The fraction of sp³-hybridized carbons (Fsp3) is 0.727. The number of carbonyl (C=O) groups is 1. The average Bonchev–Trinajstić information content (AvgIpc) is 2.72. The molecule has 2 heteroatoms. The van der Waals surface area contributed by atoms with E-state index < -0.39 is 0 Å². The van der Waals surface area contributed by atoms with E-state index >= 15 is 0 Å². The molecule has 13 heavy (non-hydrogen) atoms. The highest BCUT2D eigenvalue weighted by molar-refractivity contribution is 5.97. The molecule has 0 N–H and O–H groups in total. The van der Waals surface area contributed by atoms with Crippen LogP contribution < -0.4 is 0 Å². The zero-order chi connectivity index (χ0) is 9.26. The molecule has 0 radical (unpaired) electrons. The van der Waals surface area contributed by atoms with Crippen LogP contribution in [0.4, 0.5) is 0 Å². The summed E-state index contributed by atoms with van der Waals surface area (Å²) in [6.45, 7) is 2.76. The van der Waals surface area contributed by atoms with Crippen molar-refractivity contribution >= 4 is 5.78 Å². The van der Waals surface area contributed by atoms with Gasteiger partial charge in [-0.2, -0.15) is 0 Å². The van der Waals surface area contributed by atoms with Crippen molar-refractivity contribution in [3.8, 4) is 0 Å². The monoisotopic (exact) mass is 180 g/mol. The van der Waals surface area contributed by atoms with E-state index in [0.29, 0.717) is 5.78 Å². The standard InChI is InChI=1S/C11H16O2/c1-8-10(6-7-13-8)11(12)9-4-2-3-5-9/h4,8,10H,2-3,5-7H2,1H3. The lowest BCUT2D eigenvalue weighted by Crippen LogP contribution is -2.22. The summed E-state index contributed by atoms with van der Waals surface area (Å²) in [5.41, 5.74) is 1.06. The van der Waals surface area contributed by atoms with E-state index in [0.717, 1.165) is 37.9 Å². The van der Waals surface area contributed by atoms with E-state index in [1.54, 1.807) is 0 Å². The van der Waals surface area contributed by atoms with Crippen molar-refractivity contribution in [1.82, 2.24) is 0 Å². The SMILES string of the molecule is CC1OCCC1C(=O)C1=CCCC1.